The normalized spacial score (nSPS) is 28.8. The number of nitrogens with zero attached hydrogens (tertiary/aromatic N) is 2. The van der Waals surface area contributed by atoms with E-state index in [0.717, 1.165) is 26.1 Å². The monoisotopic (exact) mass is 253 g/mol. The SMILES string of the molecule is CCN1CCCC1CN(C)C(=O)CC1CCCN1. The Bertz CT molecular complexity index is 276. The zero-order valence-electron chi connectivity index (χ0n) is 11.8. The fourth-order valence-electron chi connectivity index (χ4n) is 3.23. The van der Waals surface area contributed by atoms with Crippen molar-refractivity contribution in [3.05, 3.63) is 0 Å². The molecule has 2 unspecified atom stereocenters. The molecule has 0 radical (unpaired) electrons. The first-order valence-electron chi connectivity index (χ1n) is 7.42. The number of likely N-dealkylation sites (N-methyl/N-ethyl adjacent to an activating group) is 2. The van der Waals surface area contributed by atoms with Gasteiger partial charge < -0.3 is 10.2 Å². The number of rotatable bonds is 5. The predicted molar refractivity (Wildman–Crippen MR) is 73.5 cm³/mol. The lowest BCUT2D eigenvalue weighted by molar-refractivity contribution is -0.131. The van der Waals surface area contributed by atoms with Crippen molar-refractivity contribution in [2.75, 3.05) is 33.2 Å². The van der Waals surface area contributed by atoms with E-state index in [9.17, 15) is 4.79 Å². The van der Waals surface area contributed by atoms with Crippen LogP contribution in [0, 0.1) is 0 Å². The summed E-state index contributed by atoms with van der Waals surface area (Å²) in [7, 11) is 1.96. The molecular formula is C14H27N3O. The van der Waals surface area contributed by atoms with Gasteiger partial charge in [-0.05, 0) is 45.3 Å². The molecule has 2 rings (SSSR count). The van der Waals surface area contributed by atoms with E-state index in [1.54, 1.807) is 0 Å². The molecule has 0 saturated carbocycles. The lowest BCUT2D eigenvalue weighted by Gasteiger charge is -2.28. The summed E-state index contributed by atoms with van der Waals surface area (Å²) in [6, 6.07) is 1.01. The molecule has 1 amide bonds. The number of likely N-dealkylation sites (tertiary alicyclic amines) is 1. The summed E-state index contributed by atoms with van der Waals surface area (Å²) in [5.74, 6) is 0.303. The molecule has 18 heavy (non-hydrogen) atoms. The summed E-state index contributed by atoms with van der Waals surface area (Å²) in [6.45, 7) is 6.50. The molecule has 104 valence electrons. The quantitative estimate of drug-likeness (QED) is 0.796. The molecule has 0 aromatic carbocycles. The molecule has 4 nitrogen and oxygen atoms in total. The van der Waals surface area contributed by atoms with Crippen molar-refractivity contribution in [1.82, 2.24) is 15.1 Å². The van der Waals surface area contributed by atoms with Gasteiger partial charge in [0.05, 0.1) is 0 Å². The van der Waals surface area contributed by atoms with Gasteiger partial charge in [-0.3, -0.25) is 9.69 Å². The molecule has 2 heterocycles. The molecule has 2 aliphatic rings. The first-order valence-corrected chi connectivity index (χ1v) is 7.42. The zero-order valence-corrected chi connectivity index (χ0v) is 11.8. The van der Waals surface area contributed by atoms with Crippen molar-refractivity contribution in [3.63, 3.8) is 0 Å². The topological polar surface area (TPSA) is 35.6 Å². The van der Waals surface area contributed by atoms with Gasteiger partial charge in [-0.1, -0.05) is 6.92 Å². The van der Waals surface area contributed by atoms with E-state index >= 15 is 0 Å². The zero-order chi connectivity index (χ0) is 13.0. The van der Waals surface area contributed by atoms with Gasteiger partial charge in [-0.15, -0.1) is 0 Å². The van der Waals surface area contributed by atoms with Crippen molar-refractivity contribution in [2.24, 2.45) is 0 Å². The Hall–Kier alpha value is -0.610. The van der Waals surface area contributed by atoms with Crippen LogP contribution in [0.1, 0.15) is 39.0 Å². The van der Waals surface area contributed by atoms with Crippen LogP contribution in [0.25, 0.3) is 0 Å². The molecule has 4 heteroatoms. The van der Waals surface area contributed by atoms with Crippen LogP contribution in [0.3, 0.4) is 0 Å². The predicted octanol–water partition coefficient (Wildman–Crippen LogP) is 1.07. The molecule has 0 spiro atoms. The van der Waals surface area contributed by atoms with E-state index in [2.05, 4.69) is 17.1 Å². The third kappa shape index (κ3) is 3.45. The van der Waals surface area contributed by atoms with Crippen LogP contribution >= 0.6 is 0 Å². The van der Waals surface area contributed by atoms with Gasteiger partial charge in [0.15, 0.2) is 0 Å². The van der Waals surface area contributed by atoms with E-state index in [-0.39, 0.29) is 0 Å². The molecule has 1 N–H and O–H groups in total. The second-order valence-corrected chi connectivity index (χ2v) is 5.70. The van der Waals surface area contributed by atoms with Gasteiger partial charge in [0.1, 0.15) is 0 Å². The van der Waals surface area contributed by atoms with E-state index < -0.39 is 0 Å². The molecule has 2 fully saturated rings. The minimum absolute atomic E-state index is 0.303. The van der Waals surface area contributed by atoms with Gasteiger partial charge in [0, 0.05) is 32.1 Å². The Morgan fingerprint density at radius 1 is 1.39 bits per heavy atom. The van der Waals surface area contributed by atoms with Crippen molar-refractivity contribution in [2.45, 2.75) is 51.1 Å². The first-order chi connectivity index (χ1) is 8.70. The van der Waals surface area contributed by atoms with E-state index in [4.69, 9.17) is 0 Å². The Morgan fingerprint density at radius 2 is 2.22 bits per heavy atom. The van der Waals surface area contributed by atoms with Crippen molar-refractivity contribution >= 4 is 5.91 Å². The van der Waals surface area contributed by atoms with Crippen LogP contribution in [0.15, 0.2) is 0 Å². The number of carbonyl (C=O) groups is 1. The molecule has 0 aromatic rings. The summed E-state index contributed by atoms with van der Waals surface area (Å²) in [5.41, 5.74) is 0. The third-order valence-corrected chi connectivity index (χ3v) is 4.40. The molecular weight excluding hydrogens is 226 g/mol. The van der Waals surface area contributed by atoms with Gasteiger partial charge in [0.2, 0.25) is 5.91 Å². The van der Waals surface area contributed by atoms with Gasteiger partial charge >= 0.3 is 0 Å². The Labute approximate surface area is 111 Å². The van der Waals surface area contributed by atoms with Crippen molar-refractivity contribution in [1.29, 1.82) is 0 Å². The van der Waals surface area contributed by atoms with Crippen LogP contribution in [0.2, 0.25) is 0 Å². The van der Waals surface area contributed by atoms with Gasteiger partial charge in [0.25, 0.3) is 0 Å². The molecule has 0 aliphatic carbocycles. The number of nitrogens with one attached hydrogen (secondary N) is 1. The summed E-state index contributed by atoms with van der Waals surface area (Å²) in [6.07, 6.45) is 5.57. The fourth-order valence-corrected chi connectivity index (χ4v) is 3.23. The highest BCUT2D eigenvalue weighted by molar-refractivity contribution is 5.76. The van der Waals surface area contributed by atoms with Crippen molar-refractivity contribution < 1.29 is 4.79 Å². The maximum atomic E-state index is 12.1. The minimum atomic E-state index is 0.303. The van der Waals surface area contributed by atoms with Crippen LogP contribution in [-0.4, -0.2) is 61.0 Å². The Morgan fingerprint density at radius 3 is 2.89 bits per heavy atom. The molecule has 2 aliphatic heterocycles. The Kier molecular flexibility index (Phi) is 5.01. The summed E-state index contributed by atoms with van der Waals surface area (Å²) in [5, 5.41) is 3.40. The summed E-state index contributed by atoms with van der Waals surface area (Å²) < 4.78 is 0. The van der Waals surface area contributed by atoms with Crippen LogP contribution in [-0.2, 0) is 4.79 Å². The number of hydrogen-bond acceptors (Lipinski definition) is 3. The van der Waals surface area contributed by atoms with Crippen LogP contribution in [0.5, 0.6) is 0 Å². The number of carbonyl (C=O) groups excluding carboxylic acids is 1. The molecule has 0 bridgehead atoms. The lowest BCUT2D eigenvalue weighted by atomic mass is 10.1. The molecule has 2 saturated heterocycles. The van der Waals surface area contributed by atoms with Crippen LogP contribution < -0.4 is 5.32 Å². The second-order valence-electron chi connectivity index (χ2n) is 5.70. The van der Waals surface area contributed by atoms with Gasteiger partial charge in [-0.2, -0.15) is 0 Å². The second kappa shape index (κ2) is 6.53. The lowest BCUT2D eigenvalue weighted by Crippen LogP contribution is -2.42. The molecule has 0 aromatic heterocycles. The highest BCUT2D eigenvalue weighted by Gasteiger charge is 2.26. The summed E-state index contributed by atoms with van der Waals surface area (Å²) >= 11 is 0. The average molecular weight is 253 g/mol. The van der Waals surface area contributed by atoms with E-state index in [0.29, 0.717) is 24.4 Å². The average Bonchev–Trinajstić information content (AvgIpc) is 2.99. The minimum Gasteiger partial charge on any atom is -0.344 e. The van der Waals surface area contributed by atoms with Crippen LogP contribution in [0.4, 0.5) is 0 Å². The van der Waals surface area contributed by atoms with Crippen molar-refractivity contribution in [3.8, 4) is 0 Å². The maximum Gasteiger partial charge on any atom is 0.223 e. The largest absolute Gasteiger partial charge is 0.344 e. The van der Waals surface area contributed by atoms with E-state index in [1.807, 2.05) is 11.9 Å². The standard InChI is InChI=1S/C14H27N3O/c1-3-17-9-5-7-13(17)11-16(2)14(18)10-12-6-4-8-15-12/h12-13,15H,3-11H2,1-2H3. The number of hydrogen-bond donors (Lipinski definition) is 1. The maximum absolute atomic E-state index is 12.1. The van der Waals surface area contributed by atoms with E-state index in [1.165, 1.54) is 25.8 Å². The molecule has 2 atom stereocenters. The highest BCUT2D eigenvalue weighted by atomic mass is 16.2. The number of amides is 1. The fraction of sp³-hybridized carbons (Fsp3) is 0.929. The van der Waals surface area contributed by atoms with Gasteiger partial charge in [-0.25, -0.2) is 0 Å². The first kappa shape index (κ1) is 13.8. The summed E-state index contributed by atoms with van der Waals surface area (Å²) in [4.78, 5) is 16.6. The Balaban J connectivity index is 1.75. The highest BCUT2D eigenvalue weighted by Crippen LogP contribution is 2.18. The smallest absolute Gasteiger partial charge is 0.223 e. The third-order valence-electron chi connectivity index (χ3n) is 4.40.